The van der Waals surface area contributed by atoms with Crippen LogP contribution in [0.2, 0.25) is 0 Å². The van der Waals surface area contributed by atoms with Crippen molar-refractivity contribution >= 4 is 53.3 Å². The van der Waals surface area contributed by atoms with Gasteiger partial charge in [-0.1, -0.05) is 139 Å². The minimum absolute atomic E-state index is 0.0113. The molecule has 3 aromatic heterocycles. The van der Waals surface area contributed by atoms with E-state index in [0.29, 0.717) is 11.1 Å². The molecule has 0 saturated heterocycles. The number of fused-ring (bicyclic) bond motifs is 6. The Morgan fingerprint density at radius 1 is 0.460 bits per heavy atom. The molecular formula is C45H28N4S. The average Bonchev–Trinajstić information content (AvgIpc) is 3.88. The number of benzene rings is 7. The molecule has 4 nitrogen and oxygen atoms in total. The Balaban J connectivity index is 1.34. The summed E-state index contributed by atoms with van der Waals surface area (Å²) in [6, 6.07) is 11.4. The van der Waals surface area contributed by atoms with Crippen LogP contribution in [0.15, 0.2) is 169 Å². The van der Waals surface area contributed by atoms with E-state index in [-0.39, 0.29) is 88.2 Å². The van der Waals surface area contributed by atoms with Crippen LogP contribution in [0, 0.1) is 0 Å². The predicted molar refractivity (Wildman–Crippen MR) is 209 cm³/mol. The molecule has 0 aliphatic rings. The lowest BCUT2D eigenvalue weighted by Crippen LogP contribution is -2.00. The van der Waals surface area contributed by atoms with E-state index in [9.17, 15) is 5.48 Å². The van der Waals surface area contributed by atoms with Gasteiger partial charge >= 0.3 is 0 Å². The van der Waals surface area contributed by atoms with E-state index in [2.05, 4.69) is 0 Å². The maximum absolute atomic E-state index is 9.65. The second kappa shape index (κ2) is 11.6. The molecule has 234 valence electrons. The van der Waals surface area contributed by atoms with Crippen LogP contribution in [-0.2, 0) is 0 Å². The molecule has 0 fully saturated rings. The third-order valence-electron chi connectivity index (χ3n) is 8.33. The fourth-order valence-corrected chi connectivity index (χ4v) is 7.16. The Kier molecular flexibility index (Phi) is 3.90. The number of rotatable bonds is 5. The van der Waals surface area contributed by atoms with Crippen molar-refractivity contribution in [3.05, 3.63) is 169 Å². The first kappa shape index (κ1) is 16.8. The summed E-state index contributed by atoms with van der Waals surface area (Å²) in [5.41, 5.74) is -0.225. The molecule has 0 atom stereocenters. The molecule has 10 rings (SSSR count). The van der Waals surface area contributed by atoms with E-state index in [0.717, 1.165) is 22.0 Å². The van der Waals surface area contributed by atoms with Crippen molar-refractivity contribution in [2.24, 2.45) is 0 Å². The number of para-hydroxylation sites is 3. The van der Waals surface area contributed by atoms with Crippen LogP contribution >= 0.6 is 11.3 Å². The monoisotopic (exact) mass is 672 g/mol. The third kappa shape index (κ3) is 4.63. The molecule has 7 aromatic carbocycles. The van der Waals surface area contributed by atoms with Gasteiger partial charge in [0.05, 0.1) is 38.7 Å². The summed E-state index contributed by atoms with van der Waals surface area (Å²) >= 11 is 0.930. The van der Waals surface area contributed by atoms with Gasteiger partial charge in [0.2, 0.25) is 0 Å². The zero-order chi connectivity index (χ0) is 46.9. The Morgan fingerprint density at radius 3 is 1.72 bits per heavy atom. The predicted octanol–water partition coefficient (Wildman–Crippen LogP) is 12.0. The maximum Gasteiger partial charge on any atom is 0.164 e. The number of nitrogens with zero attached hydrogens (tertiary/aromatic N) is 4. The van der Waals surface area contributed by atoms with Crippen molar-refractivity contribution in [1.82, 2.24) is 19.5 Å². The first-order chi connectivity index (χ1) is 31.4. The minimum Gasteiger partial charge on any atom is -0.309 e. The van der Waals surface area contributed by atoms with E-state index >= 15 is 0 Å². The lowest BCUT2D eigenvalue weighted by Gasteiger charge is -2.15. The molecule has 10 aromatic rings. The smallest absolute Gasteiger partial charge is 0.164 e. The Morgan fingerprint density at radius 2 is 1.06 bits per heavy atom. The number of hydrogen-bond acceptors (Lipinski definition) is 4. The van der Waals surface area contributed by atoms with Crippen molar-refractivity contribution in [2.45, 2.75) is 0 Å². The van der Waals surface area contributed by atoms with Gasteiger partial charge in [0.15, 0.2) is 17.5 Å². The minimum atomic E-state index is -0.728. The van der Waals surface area contributed by atoms with Crippen LogP contribution in [0.5, 0.6) is 0 Å². The molecule has 0 bridgehead atoms. The van der Waals surface area contributed by atoms with Gasteiger partial charge in [-0.05, 0) is 35.8 Å². The summed E-state index contributed by atoms with van der Waals surface area (Å²) < 4.78 is 145. The first-order valence-electron chi connectivity index (χ1n) is 23.4. The molecule has 0 radical (unpaired) electrons. The van der Waals surface area contributed by atoms with Gasteiger partial charge in [-0.25, -0.2) is 15.0 Å². The number of thiophene rings is 1. The summed E-state index contributed by atoms with van der Waals surface area (Å²) in [6.45, 7) is 0. The summed E-state index contributed by atoms with van der Waals surface area (Å²) in [5, 5.41) is -0.354. The van der Waals surface area contributed by atoms with E-state index in [1.807, 2.05) is 60.7 Å². The molecule has 0 aliphatic carbocycles. The Labute approximate surface area is 315 Å². The number of aromatic nitrogens is 4. The first-order valence-corrected chi connectivity index (χ1v) is 16.2. The van der Waals surface area contributed by atoms with Gasteiger partial charge in [-0.2, -0.15) is 0 Å². The molecule has 0 aliphatic heterocycles. The average molecular weight is 673 g/mol. The van der Waals surface area contributed by atoms with Crippen LogP contribution in [0.3, 0.4) is 0 Å². The molecule has 50 heavy (non-hydrogen) atoms. The van der Waals surface area contributed by atoms with Gasteiger partial charge in [0.1, 0.15) is 0 Å². The lowest BCUT2D eigenvalue weighted by molar-refractivity contribution is 1.07. The fraction of sp³-hybridized carbons (Fsp3) is 0. The van der Waals surface area contributed by atoms with Crippen LogP contribution in [0.4, 0.5) is 0 Å². The fourth-order valence-electron chi connectivity index (χ4n) is 6.11. The SMILES string of the molecule is [2H]c1cc(-c2c([2H])c([2H])c([2H])c3sc4c([2H])c(-c5nc(-c6ccccc6)nc(-c6ccccc6)n5)c([2H])cc4c23)c(-n2c3c([2H])c([2H])c([2H])c([2H])c3c3c([2H])c([2H])c([2H])c([2H])c32)c([2H])c1[2H]. The van der Waals surface area contributed by atoms with Crippen molar-refractivity contribution in [3.63, 3.8) is 0 Å². The summed E-state index contributed by atoms with van der Waals surface area (Å²) in [4.78, 5) is 14.2. The summed E-state index contributed by atoms with van der Waals surface area (Å²) in [5.74, 6) is 0.577. The van der Waals surface area contributed by atoms with Gasteiger partial charge in [0.25, 0.3) is 0 Å². The van der Waals surface area contributed by atoms with Crippen LogP contribution in [0.1, 0.15) is 21.9 Å². The zero-order valence-corrected chi connectivity index (χ0v) is 26.4. The van der Waals surface area contributed by atoms with Crippen LogP contribution in [0.25, 0.3) is 93.0 Å². The molecule has 0 amide bonds. The van der Waals surface area contributed by atoms with Crippen molar-refractivity contribution in [1.29, 1.82) is 0 Å². The number of hydrogen-bond donors (Lipinski definition) is 0. The molecule has 0 spiro atoms. The standard InChI is InChI=1S/C45H28N4S/c1-3-14-29(15-4-1)43-46-44(30-16-5-2-6-17-30)48-45(47-43)31-26-27-36-41(28-31)50-40-25-13-21-35(42(36)40)34-20-9-12-24-39(34)49-37-22-10-7-18-32(37)33-19-8-11-23-38(33)49/h1-28H/i7D,8D,9D,10D,11D,12D,13D,18D,19D,21D,22D,23D,24D,25D,26D,28D. The highest BCUT2D eigenvalue weighted by molar-refractivity contribution is 7.26. The van der Waals surface area contributed by atoms with Crippen LogP contribution < -0.4 is 0 Å². The van der Waals surface area contributed by atoms with Crippen molar-refractivity contribution in [3.8, 4) is 51.0 Å². The highest BCUT2D eigenvalue weighted by atomic mass is 32.1. The highest BCUT2D eigenvalue weighted by Gasteiger charge is 2.19. The van der Waals surface area contributed by atoms with E-state index in [1.165, 1.54) is 6.07 Å². The van der Waals surface area contributed by atoms with Gasteiger partial charge < -0.3 is 4.57 Å². The third-order valence-corrected chi connectivity index (χ3v) is 9.37. The molecule has 0 N–H and O–H groups in total. The van der Waals surface area contributed by atoms with E-state index in [4.69, 9.17) is 31.4 Å². The molecule has 0 unspecified atom stereocenters. The summed E-state index contributed by atoms with van der Waals surface area (Å²) in [6.07, 6.45) is 0. The molecule has 0 saturated carbocycles. The van der Waals surface area contributed by atoms with Gasteiger partial charge in [0, 0.05) is 53.2 Å². The maximum atomic E-state index is 9.65. The molecule has 3 heterocycles. The van der Waals surface area contributed by atoms with Crippen LogP contribution in [-0.4, -0.2) is 19.5 Å². The zero-order valence-electron chi connectivity index (χ0n) is 41.6. The second-order valence-electron chi connectivity index (χ2n) is 11.2. The quantitative estimate of drug-likeness (QED) is 0.183. The van der Waals surface area contributed by atoms with Crippen molar-refractivity contribution in [2.75, 3.05) is 0 Å². The largest absolute Gasteiger partial charge is 0.309 e. The van der Waals surface area contributed by atoms with Gasteiger partial charge in [-0.3, -0.25) is 0 Å². The van der Waals surface area contributed by atoms with E-state index < -0.39 is 90.3 Å². The summed E-state index contributed by atoms with van der Waals surface area (Å²) in [7, 11) is 0. The second-order valence-corrected chi connectivity index (χ2v) is 12.2. The lowest BCUT2D eigenvalue weighted by atomic mass is 9.97. The molecule has 5 heteroatoms. The topological polar surface area (TPSA) is 43.6 Å². The Hall–Kier alpha value is -6.43. The van der Waals surface area contributed by atoms with E-state index in [1.54, 1.807) is 0 Å². The van der Waals surface area contributed by atoms with Gasteiger partial charge in [-0.15, -0.1) is 11.3 Å². The highest BCUT2D eigenvalue weighted by Crippen LogP contribution is 2.44. The molecular weight excluding hydrogens is 629 g/mol. The van der Waals surface area contributed by atoms with Crippen molar-refractivity contribution < 1.29 is 21.9 Å². The normalized spacial score (nSPS) is 16.1. The Bertz CT molecular complexity index is 3650.